The van der Waals surface area contributed by atoms with Gasteiger partial charge in [-0.15, -0.1) is 0 Å². The van der Waals surface area contributed by atoms with Crippen molar-refractivity contribution in [2.75, 3.05) is 13.2 Å². The van der Waals surface area contributed by atoms with Crippen LogP contribution in [0.2, 0.25) is 0 Å². The molecular formula is C39H56F3NO3. The molecule has 1 fully saturated rings. The molecule has 2 aromatic rings. The molecule has 0 saturated heterocycles. The van der Waals surface area contributed by atoms with Crippen LogP contribution < -0.4 is 15.8 Å². The highest BCUT2D eigenvalue weighted by Crippen LogP contribution is 2.30. The Morgan fingerprint density at radius 2 is 1.70 bits per heavy atom. The van der Waals surface area contributed by atoms with Gasteiger partial charge in [0.1, 0.15) is 0 Å². The van der Waals surface area contributed by atoms with Crippen LogP contribution in [-0.2, 0) is 10.9 Å². The Morgan fingerprint density at radius 3 is 2.24 bits per heavy atom. The highest BCUT2D eigenvalue weighted by atomic mass is 19.4. The van der Waals surface area contributed by atoms with Crippen molar-refractivity contribution >= 4 is 23.8 Å². The van der Waals surface area contributed by atoms with Gasteiger partial charge in [-0.25, -0.2) is 0 Å². The van der Waals surface area contributed by atoms with Crippen LogP contribution in [0.15, 0.2) is 36.4 Å². The van der Waals surface area contributed by atoms with E-state index >= 15 is 0 Å². The summed E-state index contributed by atoms with van der Waals surface area (Å²) in [5, 5.41) is 5.39. The molecule has 0 bridgehead atoms. The molecular weight excluding hydrogens is 587 g/mol. The molecule has 1 N–H and O–H groups in total. The smallest absolute Gasteiger partial charge is 0.376 e. The zero-order chi connectivity index (χ0) is 34.3. The first-order valence-electron chi connectivity index (χ1n) is 17.2. The number of hydrogen-bond donors (Lipinski definition) is 1. The highest BCUT2D eigenvalue weighted by molar-refractivity contribution is 5.96. The molecule has 0 heterocycles. The van der Waals surface area contributed by atoms with Crippen LogP contribution in [0, 0.1) is 24.7 Å². The van der Waals surface area contributed by atoms with Gasteiger partial charge in [-0.2, -0.15) is 13.2 Å². The minimum atomic E-state index is -4.35. The normalized spacial score (nSPS) is 15.4. The van der Waals surface area contributed by atoms with Crippen LogP contribution in [0.5, 0.6) is 0 Å². The van der Waals surface area contributed by atoms with Gasteiger partial charge in [0.2, 0.25) is 0 Å². The molecule has 1 aliphatic rings. The molecule has 0 aliphatic heterocycles. The van der Waals surface area contributed by atoms with Gasteiger partial charge in [-0.1, -0.05) is 83.7 Å². The van der Waals surface area contributed by atoms with E-state index in [0.29, 0.717) is 30.4 Å². The lowest BCUT2D eigenvalue weighted by Crippen LogP contribution is -2.36. The number of alkyl halides is 3. The van der Waals surface area contributed by atoms with E-state index in [4.69, 9.17) is 4.74 Å². The Balaban J connectivity index is 0.000000326. The lowest BCUT2D eigenvalue weighted by molar-refractivity contribution is -0.137. The predicted octanol–water partition coefficient (Wildman–Crippen LogP) is 9.05. The maximum absolute atomic E-state index is 12.6. The third-order valence-electron chi connectivity index (χ3n) is 8.58. The Hall–Kier alpha value is -2.93. The van der Waals surface area contributed by atoms with Gasteiger partial charge >= 0.3 is 6.18 Å². The molecule has 4 nitrogen and oxygen atoms in total. The summed E-state index contributed by atoms with van der Waals surface area (Å²) in [4.78, 5) is 24.5. The van der Waals surface area contributed by atoms with E-state index < -0.39 is 11.7 Å². The fourth-order valence-electron chi connectivity index (χ4n) is 5.40. The molecule has 2 atom stereocenters. The third-order valence-corrected chi connectivity index (χ3v) is 8.58. The van der Waals surface area contributed by atoms with Crippen LogP contribution >= 0.6 is 0 Å². The topological polar surface area (TPSA) is 55.4 Å². The monoisotopic (exact) mass is 643 g/mol. The fraction of sp³-hybridized carbons (Fsp3) is 0.590. The molecule has 0 aromatic heterocycles. The SMILES string of the molecule is C/C=c1/c(C)c(C(=O)NCC(C)OCC2CC2)cc/c1=C\CC(C)C.CCCC(CC)CCCC(=O)c1ccc(C(F)(F)F)cc1. The quantitative estimate of drug-likeness (QED) is 0.186. The second-order valence-corrected chi connectivity index (χ2v) is 13.1. The largest absolute Gasteiger partial charge is 0.416 e. The summed E-state index contributed by atoms with van der Waals surface area (Å²) in [7, 11) is 0. The molecule has 2 aromatic carbocycles. The lowest BCUT2D eigenvalue weighted by atomic mass is 9.93. The van der Waals surface area contributed by atoms with Crippen LogP contribution in [0.25, 0.3) is 12.2 Å². The van der Waals surface area contributed by atoms with E-state index in [1.54, 1.807) is 0 Å². The Labute approximate surface area is 274 Å². The van der Waals surface area contributed by atoms with Crippen LogP contribution in [0.3, 0.4) is 0 Å². The fourth-order valence-corrected chi connectivity index (χ4v) is 5.40. The average Bonchev–Trinajstić information content (AvgIpc) is 3.86. The van der Waals surface area contributed by atoms with E-state index in [2.05, 4.69) is 51.2 Å². The van der Waals surface area contributed by atoms with Gasteiger partial charge in [0, 0.05) is 30.7 Å². The number of benzene rings is 2. The van der Waals surface area contributed by atoms with Crippen molar-refractivity contribution in [1.29, 1.82) is 0 Å². The number of carbonyl (C=O) groups is 2. The van der Waals surface area contributed by atoms with Gasteiger partial charge in [0.05, 0.1) is 11.7 Å². The molecule has 3 rings (SSSR count). The van der Waals surface area contributed by atoms with Crippen molar-refractivity contribution in [2.45, 2.75) is 119 Å². The first-order chi connectivity index (χ1) is 21.8. The van der Waals surface area contributed by atoms with Crippen LogP contribution in [0.1, 0.15) is 131 Å². The Morgan fingerprint density at radius 1 is 1.02 bits per heavy atom. The zero-order valence-corrected chi connectivity index (χ0v) is 29.1. The van der Waals surface area contributed by atoms with E-state index in [-0.39, 0.29) is 17.8 Å². The van der Waals surface area contributed by atoms with Crippen molar-refractivity contribution in [3.63, 3.8) is 0 Å². The minimum absolute atomic E-state index is 0.0159. The predicted molar refractivity (Wildman–Crippen MR) is 183 cm³/mol. The molecule has 0 spiro atoms. The van der Waals surface area contributed by atoms with Gasteiger partial charge < -0.3 is 10.1 Å². The summed E-state index contributed by atoms with van der Waals surface area (Å²) in [6.45, 7) is 16.2. The summed E-state index contributed by atoms with van der Waals surface area (Å²) < 4.78 is 43.1. The second-order valence-electron chi connectivity index (χ2n) is 13.1. The number of carbonyl (C=O) groups excluding carboxylic acids is 2. The third kappa shape index (κ3) is 13.8. The molecule has 256 valence electrons. The van der Waals surface area contributed by atoms with Gasteiger partial charge in [-0.3, -0.25) is 9.59 Å². The summed E-state index contributed by atoms with van der Waals surface area (Å²) in [6.07, 6.45) is 9.34. The number of nitrogens with one attached hydrogen (secondary N) is 1. The molecule has 7 heteroatoms. The number of ketones is 1. The summed E-state index contributed by atoms with van der Waals surface area (Å²) in [5.74, 6) is 1.94. The second kappa shape index (κ2) is 19.7. The first-order valence-corrected chi connectivity index (χ1v) is 17.2. The maximum atomic E-state index is 12.6. The Kier molecular flexibility index (Phi) is 16.8. The molecule has 1 amide bonds. The minimum Gasteiger partial charge on any atom is -0.376 e. The van der Waals surface area contributed by atoms with Crippen molar-refractivity contribution in [3.05, 3.63) is 69.1 Å². The summed E-state index contributed by atoms with van der Waals surface area (Å²) in [6, 6.07) is 8.49. The van der Waals surface area contributed by atoms with Crippen molar-refractivity contribution in [1.82, 2.24) is 5.32 Å². The number of halogens is 3. The first kappa shape index (κ1) is 39.2. The number of hydrogen-bond acceptors (Lipinski definition) is 3. The molecule has 1 saturated carbocycles. The van der Waals surface area contributed by atoms with Gasteiger partial charge in [0.25, 0.3) is 5.91 Å². The van der Waals surface area contributed by atoms with Gasteiger partial charge in [-0.05, 0) is 98.4 Å². The lowest BCUT2D eigenvalue weighted by Gasteiger charge is -2.15. The van der Waals surface area contributed by atoms with Crippen LogP contribution in [-0.4, -0.2) is 30.9 Å². The van der Waals surface area contributed by atoms with Crippen LogP contribution in [0.4, 0.5) is 13.2 Å². The number of ether oxygens (including phenoxy) is 1. The highest BCUT2D eigenvalue weighted by Gasteiger charge is 2.30. The van der Waals surface area contributed by atoms with Crippen molar-refractivity contribution in [2.24, 2.45) is 17.8 Å². The standard InChI is InChI=1S/C22H33NO2.C17H23F3O/c1-6-20-17(5)21(12-11-19(20)10-7-15(2)3)22(24)23-13-16(4)25-14-18-8-9-18;1-3-6-13(4-2)7-5-8-16(21)14-9-11-15(12-10-14)17(18,19)20/h6,10-12,15-16,18H,7-9,13-14H2,1-5H3,(H,23,24);9-13H,3-8H2,1-2H3/b19-10+,20-6-;. The average molecular weight is 644 g/mol. The molecule has 1 aliphatic carbocycles. The van der Waals surface area contributed by atoms with E-state index in [0.717, 1.165) is 73.1 Å². The molecule has 2 unspecified atom stereocenters. The number of Topliss-reactive ketones (excluding diaryl/α,β-unsaturated/α-hetero) is 1. The number of amides is 1. The van der Waals surface area contributed by atoms with E-state index in [1.807, 2.05) is 26.8 Å². The maximum Gasteiger partial charge on any atom is 0.416 e. The summed E-state index contributed by atoms with van der Waals surface area (Å²) >= 11 is 0. The molecule has 0 radical (unpaired) electrons. The van der Waals surface area contributed by atoms with Crippen molar-refractivity contribution in [3.8, 4) is 0 Å². The summed E-state index contributed by atoms with van der Waals surface area (Å²) in [5.41, 5.74) is 1.45. The van der Waals surface area contributed by atoms with E-state index in [1.165, 1.54) is 36.6 Å². The Bertz CT molecular complexity index is 1340. The van der Waals surface area contributed by atoms with Crippen molar-refractivity contribution < 1.29 is 27.5 Å². The van der Waals surface area contributed by atoms with E-state index in [9.17, 15) is 22.8 Å². The number of rotatable bonds is 16. The van der Waals surface area contributed by atoms with Gasteiger partial charge in [0.15, 0.2) is 5.78 Å². The molecule has 46 heavy (non-hydrogen) atoms. The zero-order valence-electron chi connectivity index (χ0n) is 29.1.